The maximum absolute atomic E-state index is 6.13. The molecule has 0 saturated carbocycles. The van der Waals surface area contributed by atoms with Gasteiger partial charge in [-0.25, -0.2) is 9.97 Å². The van der Waals surface area contributed by atoms with Crippen molar-refractivity contribution in [1.29, 1.82) is 0 Å². The lowest BCUT2D eigenvalue weighted by Gasteiger charge is -2.03. The van der Waals surface area contributed by atoms with E-state index in [2.05, 4.69) is 46.1 Å². The van der Waals surface area contributed by atoms with Crippen molar-refractivity contribution in [2.75, 3.05) is 5.73 Å². The number of rotatable bonds is 4. The van der Waals surface area contributed by atoms with Gasteiger partial charge in [-0.15, -0.1) is 0 Å². The van der Waals surface area contributed by atoms with Gasteiger partial charge in [0, 0.05) is 12.0 Å². The Kier molecular flexibility index (Phi) is 3.56. The highest BCUT2D eigenvalue weighted by atomic mass is 15.2. The van der Waals surface area contributed by atoms with Gasteiger partial charge in [0.25, 0.3) is 0 Å². The highest BCUT2D eigenvalue weighted by Crippen LogP contribution is 2.29. The first-order valence-corrected chi connectivity index (χ1v) is 7.26. The van der Waals surface area contributed by atoms with Gasteiger partial charge in [-0.1, -0.05) is 43.2 Å². The Balaban J connectivity index is 2.07. The minimum atomic E-state index is 0.496. The number of nitrogen functional groups attached to an aromatic ring is 1. The molecular formula is C16H19N5. The summed E-state index contributed by atoms with van der Waals surface area (Å²) in [5.74, 6) is 1.26. The third-order valence-corrected chi connectivity index (χ3v) is 3.58. The topological polar surface area (TPSA) is 80.5 Å². The molecule has 108 valence electrons. The van der Waals surface area contributed by atoms with Gasteiger partial charge >= 0.3 is 0 Å². The molecule has 0 spiro atoms. The normalized spacial score (nSPS) is 11.1. The number of aromatic nitrogens is 4. The second-order valence-corrected chi connectivity index (χ2v) is 5.29. The first-order chi connectivity index (χ1) is 10.2. The van der Waals surface area contributed by atoms with Crippen LogP contribution >= 0.6 is 0 Å². The molecule has 0 saturated heterocycles. The minimum absolute atomic E-state index is 0.496. The molecule has 0 unspecified atom stereocenters. The molecule has 2 aromatic heterocycles. The Morgan fingerprint density at radius 2 is 1.90 bits per heavy atom. The molecule has 3 aromatic rings. The summed E-state index contributed by atoms with van der Waals surface area (Å²) >= 11 is 0. The number of nitrogens with zero attached hydrogens (tertiary/aromatic N) is 3. The Labute approximate surface area is 123 Å². The number of nitrogens with two attached hydrogens (primary N) is 1. The molecule has 0 fully saturated rings. The molecule has 0 atom stereocenters. The van der Waals surface area contributed by atoms with Crippen molar-refractivity contribution in [2.45, 2.75) is 33.1 Å². The lowest BCUT2D eigenvalue weighted by molar-refractivity contribution is 0.757. The first-order valence-electron chi connectivity index (χ1n) is 7.26. The summed E-state index contributed by atoms with van der Waals surface area (Å²) in [5.41, 5.74) is 9.91. The van der Waals surface area contributed by atoms with Crippen LogP contribution in [-0.4, -0.2) is 20.2 Å². The van der Waals surface area contributed by atoms with Gasteiger partial charge in [0.05, 0.1) is 11.1 Å². The van der Waals surface area contributed by atoms with Gasteiger partial charge in [-0.05, 0) is 13.3 Å². The van der Waals surface area contributed by atoms with Crippen molar-refractivity contribution in [3.05, 3.63) is 35.7 Å². The summed E-state index contributed by atoms with van der Waals surface area (Å²) in [4.78, 5) is 8.93. The molecule has 0 radical (unpaired) electrons. The van der Waals surface area contributed by atoms with E-state index in [1.165, 1.54) is 5.56 Å². The van der Waals surface area contributed by atoms with Crippen LogP contribution in [0.3, 0.4) is 0 Å². The third-order valence-electron chi connectivity index (χ3n) is 3.58. The summed E-state index contributed by atoms with van der Waals surface area (Å²) in [6.07, 6.45) is 3.00. The van der Waals surface area contributed by atoms with Crippen LogP contribution in [0.25, 0.3) is 22.3 Å². The molecular weight excluding hydrogens is 262 g/mol. The van der Waals surface area contributed by atoms with Crippen molar-refractivity contribution in [1.82, 2.24) is 20.2 Å². The number of anilines is 1. The van der Waals surface area contributed by atoms with E-state index in [-0.39, 0.29) is 0 Å². The fourth-order valence-electron chi connectivity index (χ4n) is 2.37. The van der Waals surface area contributed by atoms with E-state index >= 15 is 0 Å². The number of unbranched alkanes of at least 4 members (excludes halogenated alkanes) is 1. The number of hydrogen-bond donors (Lipinski definition) is 2. The van der Waals surface area contributed by atoms with Crippen LogP contribution < -0.4 is 5.73 Å². The smallest absolute Gasteiger partial charge is 0.187 e. The van der Waals surface area contributed by atoms with E-state index in [0.717, 1.165) is 41.7 Å². The average Bonchev–Trinajstić information content (AvgIpc) is 2.90. The number of benzene rings is 1. The predicted octanol–water partition coefficient (Wildman–Crippen LogP) is 3.25. The second-order valence-electron chi connectivity index (χ2n) is 5.29. The summed E-state index contributed by atoms with van der Waals surface area (Å²) in [6.45, 7) is 4.21. The van der Waals surface area contributed by atoms with Crippen LogP contribution in [-0.2, 0) is 6.42 Å². The number of hydrogen-bond acceptors (Lipinski definition) is 4. The van der Waals surface area contributed by atoms with Crippen LogP contribution in [0.15, 0.2) is 24.3 Å². The Morgan fingerprint density at radius 3 is 2.62 bits per heavy atom. The van der Waals surface area contributed by atoms with Gasteiger partial charge in [0.1, 0.15) is 11.6 Å². The van der Waals surface area contributed by atoms with Crippen molar-refractivity contribution in [3.8, 4) is 11.3 Å². The summed E-state index contributed by atoms with van der Waals surface area (Å²) in [6, 6.07) is 8.22. The highest BCUT2D eigenvalue weighted by Gasteiger charge is 2.14. The molecule has 21 heavy (non-hydrogen) atoms. The molecule has 0 aliphatic heterocycles. The Bertz CT molecular complexity index is 758. The number of aromatic amines is 1. The van der Waals surface area contributed by atoms with E-state index in [1.807, 2.05) is 12.1 Å². The molecule has 5 heteroatoms. The molecule has 5 nitrogen and oxygen atoms in total. The zero-order chi connectivity index (χ0) is 14.8. The quantitative estimate of drug-likeness (QED) is 0.769. The number of aryl methyl sites for hydroxylation is 2. The van der Waals surface area contributed by atoms with E-state index in [0.29, 0.717) is 11.5 Å². The first kappa shape index (κ1) is 13.5. The van der Waals surface area contributed by atoms with Crippen molar-refractivity contribution < 1.29 is 0 Å². The predicted molar refractivity (Wildman–Crippen MR) is 84.9 cm³/mol. The minimum Gasteiger partial charge on any atom is -0.383 e. The fraction of sp³-hybridized carbons (Fsp3) is 0.312. The van der Waals surface area contributed by atoms with Crippen molar-refractivity contribution in [2.24, 2.45) is 0 Å². The van der Waals surface area contributed by atoms with Crippen LogP contribution in [0.5, 0.6) is 0 Å². The maximum Gasteiger partial charge on any atom is 0.187 e. The number of nitrogens with one attached hydrogen (secondary N) is 1. The average molecular weight is 281 g/mol. The highest BCUT2D eigenvalue weighted by molar-refractivity contribution is 5.97. The fourth-order valence-corrected chi connectivity index (χ4v) is 2.37. The van der Waals surface area contributed by atoms with Crippen LogP contribution in [0.4, 0.5) is 5.82 Å². The molecule has 2 heterocycles. The summed E-state index contributed by atoms with van der Waals surface area (Å²) < 4.78 is 0. The number of fused-ring (bicyclic) bond motifs is 1. The third kappa shape index (κ3) is 2.59. The zero-order valence-corrected chi connectivity index (χ0v) is 12.3. The largest absolute Gasteiger partial charge is 0.383 e. The van der Waals surface area contributed by atoms with Crippen LogP contribution in [0.1, 0.15) is 31.2 Å². The molecule has 0 aliphatic carbocycles. The van der Waals surface area contributed by atoms with E-state index in [1.54, 1.807) is 0 Å². The molecule has 3 N–H and O–H groups in total. The standard InChI is InChI=1S/C16H19N5/c1-3-4-5-12-18-15(17)13-14(20-21-16(13)19-12)11-8-6-10(2)7-9-11/h6-9H,3-5H2,1-2H3,(H3,17,18,19,20,21). The summed E-state index contributed by atoms with van der Waals surface area (Å²) in [7, 11) is 0. The van der Waals surface area contributed by atoms with Gasteiger partial charge < -0.3 is 5.73 Å². The van der Waals surface area contributed by atoms with Gasteiger partial charge in [-0.3, -0.25) is 5.10 Å². The molecule has 3 rings (SSSR count). The van der Waals surface area contributed by atoms with Crippen molar-refractivity contribution >= 4 is 16.9 Å². The monoisotopic (exact) mass is 281 g/mol. The number of H-pyrrole nitrogens is 1. The summed E-state index contributed by atoms with van der Waals surface area (Å²) in [5, 5.41) is 8.14. The maximum atomic E-state index is 6.13. The van der Waals surface area contributed by atoms with E-state index in [9.17, 15) is 0 Å². The lowest BCUT2D eigenvalue weighted by Crippen LogP contribution is -2.01. The Morgan fingerprint density at radius 1 is 1.14 bits per heavy atom. The zero-order valence-electron chi connectivity index (χ0n) is 12.3. The van der Waals surface area contributed by atoms with Gasteiger partial charge in [0.2, 0.25) is 0 Å². The second kappa shape index (κ2) is 5.52. The van der Waals surface area contributed by atoms with E-state index < -0.39 is 0 Å². The lowest BCUT2D eigenvalue weighted by atomic mass is 10.1. The molecule has 0 aliphatic rings. The van der Waals surface area contributed by atoms with Crippen LogP contribution in [0.2, 0.25) is 0 Å². The SMILES string of the molecule is CCCCc1nc(N)c2c(-c3ccc(C)cc3)[nH]nc2n1. The van der Waals surface area contributed by atoms with Crippen molar-refractivity contribution in [3.63, 3.8) is 0 Å². The Hall–Kier alpha value is -2.43. The molecule has 0 amide bonds. The van der Waals surface area contributed by atoms with E-state index in [4.69, 9.17) is 5.73 Å². The van der Waals surface area contributed by atoms with Crippen LogP contribution in [0, 0.1) is 6.92 Å². The van der Waals surface area contributed by atoms with Gasteiger partial charge in [0.15, 0.2) is 5.65 Å². The molecule has 1 aromatic carbocycles. The molecule has 0 bridgehead atoms. The van der Waals surface area contributed by atoms with Gasteiger partial charge in [-0.2, -0.15) is 5.10 Å².